The Hall–Kier alpha value is -3.42. The highest BCUT2D eigenvalue weighted by molar-refractivity contribution is 6.05. The molecule has 1 aliphatic carbocycles. The van der Waals surface area contributed by atoms with E-state index in [4.69, 9.17) is 0 Å². The predicted octanol–water partition coefficient (Wildman–Crippen LogP) is 3.20. The van der Waals surface area contributed by atoms with Gasteiger partial charge in [0, 0.05) is 23.6 Å². The third-order valence-electron chi connectivity index (χ3n) is 4.17. The van der Waals surface area contributed by atoms with E-state index in [-0.39, 0.29) is 5.91 Å². The summed E-state index contributed by atoms with van der Waals surface area (Å²) in [5.74, 6) is -0.296. The minimum Gasteiger partial charge on any atom is -0.453 e. The van der Waals surface area contributed by atoms with Crippen LogP contribution in [0.25, 0.3) is 11.2 Å². The molecule has 26 heavy (non-hydrogen) atoms. The molecule has 8 heteroatoms. The summed E-state index contributed by atoms with van der Waals surface area (Å²) in [5.41, 5.74) is 2.99. The number of carbonyl (C=O) groups is 2. The van der Waals surface area contributed by atoms with Crippen LogP contribution in [0.15, 0.2) is 42.9 Å². The normalized spacial score (nSPS) is 13.4. The molecule has 0 bridgehead atoms. The van der Waals surface area contributed by atoms with Gasteiger partial charge in [0.25, 0.3) is 5.91 Å². The highest BCUT2D eigenvalue weighted by Crippen LogP contribution is 2.36. The van der Waals surface area contributed by atoms with Crippen LogP contribution in [0.2, 0.25) is 0 Å². The van der Waals surface area contributed by atoms with Gasteiger partial charge in [0.15, 0.2) is 5.65 Å². The average Bonchev–Trinajstić information content (AvgIpc) is 3.40. The molecule has 3 aromatic rings. The van der Waals surface area contributed by atoms with Crippen LogP contribution in [0.1, 0.15) is 29.2 Å². The van der Waals surface area contributed by atoms with E-state index in [1.165, 1.54) is 7.11 Å². The van der Waals surface area contributed by atoms with Gasteiger partial charge in [-0.2, -0.15) is 0 Å². The molecule has 1 aliphatic rings. The van der Waals surface area contributed by atoms with Crippen molar-refractivity contribution < 1.29 is 14.3 Å². The van der Waals surface area contributed by atoms with Crippen molar-refractivity contribution in [1.29, 1.82) is 0 Å². The first-order valence-electron chi connectivity index (χ1n) is 8.23. The molecule has 0 aliphatic heterocycles. The molecule has 2 heterocycles. The number of ether oxygens (including phenoxy) is 1. The second-order valence-electron chi connectivity index (χ2n) is 6.10. The molecule has 1 aromatic carbocycles. The second kappa shape index (κ2) is 6.47. The number of nitrogens with zero attached hydrogens (tertiary/aromatic N) is 3. The Labute approximate surface area is 149 Å². The largest absolute Gasteiger partial charge is 0.453 e. The van der Waals surface area contributed by atoms with E-state index in [2.05, 4.69) is 29.9 Å². The highest BCUT2D eigenvalue weighted by atomic mass is 16.5. The number of anilines is 2. The summed E-state index contributed by atoms with van der Waals surface area (Å²) in [6.07, 6.45) is 5.04. The van der Waals surface area contributed by atoms with Crippen molar-refractivity contribution in [1.82, 2.24) is 14.5 Å². The van der Waals surface area contributed by atoms with E-state index in [1.807, 2.05) is 0 Å². The van der Waals surface area contributed by atoms with Gasteiger partial charge in [-0.15, -0.1) is 0 Å². The maximum Gasteiger partial charge on any atom is 0.411 e. The van der Waals surface area contributed by atoms with Crippen molar-refractivity contribution in [2.24, 2.45) is 0 Å². The summed E-state index contributed by atoms with van der Waals surface area (Å²) >= 11 is 0. The molecule has 132 valence electrons. The molecule has 8 nitrogen and oxygen atoms in total. The SMILES string of the molecule is COC(=O)Nc1cccc(NC(=O)c2cnc3c(c2)ncn3C2CC2)c1. The number of methoxy groups -OCH3 is 1. The number of fused-ring (bicyclic) bond motifs is 1. The predicted molar refractivity (Wildman–Crippen MR) is 96.2 cm³/mol. The zero-order valence-electron chi connectivity index (χ0n) is 14.1. The Morgan fingerprint density at radius 3 is 2.65 bits per heavy atom. The molecule has 2 amide bonds. The smallest absolute Gasteiger partial charge is 0.411 e. The first kappa shape index (κ1) is 16.1. The number of hydrogen-bond donors (Lipinski definition) is 2. The molecule has 4 rings (SSSR count). The lowest BCUT2D eigenvalue weighted by Gasteiger charge is -2.08. The quantitative estimate of drug-likeness (QED) is 0.752. The Morgan fingerprint density at radius 2 is 1.92 bits per heavy atom. The molecule has 0 radical (unpaired) electrons. The number of imidazole rings is 1. The van der Waals surface area contributed by atoms with E-state index in [9.17, 15) is 9.59 Å². The zero-order chi connectivity index (χ0) is 18.1. The number of nitrogens with one attached hydrogen (secondary N) is 2. The van der Waals surface area contributed by atoms with Crippen molar-refractivity contribution in [3.8, 4) is 0 Å². The molecule has 1 saturated carbocycles. The number of hydrogen-bond acceptors (Lipinski definition) is 5. The maximum absolute atomic E-state index is 12.5. The molecular weight excluding hydrogens is 334 g/mol. The Kier molecular flexibility index (Phi) is 4.00. The molecule has 0 unspecified atom stereocenters. The number of aromatic nitrogens is 3. The first-order chi connectivity index (χ1) is 12.6. The van der Waals surface area contributed by atoms with Gasteiger partial charge in [0.05, 0.1) is 19.0 Å². The molecular formula is C18H17N5O3. The summed E-state index contributed by atoms with van der Waals surface area (Å²) in [6, 6.07) is 9.01. The van der Waals surface area contributed by atoms with Crippen molar-refractivity contribution in [2.75, 3.05) is 17.7 Å². The Morgan fingerprint density at radius 1 is 1.15 bits per heavy atom. The fraction of sp³-hybridized carbons (Fsp3) is 0.222. The summed E-state index contributed by atoms with van der Waals surface area (Å²) in [6.45, 7) is 0. The van der Waals surface area contributed by atoms with Crippen LogP contribution in [0.4, 0.5) is 16.2 Å². The maximum atomic E-state index is 12.5. The van der Waals surface area contributed by atoms with Gasteiger partial charge in [-0.25, -0.2) is 14.8 Å². The zero-order valence-corrected chi connectivity index (χ0v) is 14.1. The lowest BCUT2D eigenvalue weighted by atomic mass is 10.2. The van der Waals surface area contributed by atoms with Crippen LogP contribution >= 0.6 is 0 Å². The second-order valence-corrected chi connectivity index (χ2v) is 6.10. The fourth-order valence-corrected chi connectivity index (χ4v) is 2.71. The van der Waals surface area contributed by atoms with E-state index >= 15 is 0 Å². The number of rotatable bonds is 4. The van der Waals surface area contributed by atoms with Gasteiger partial charge >= 0.3 is 6.09 Å². The van der Waals surface area contributed by atoms with Gasteiger partial charge in [-0.1, -0.05) is 6.07 Å². The van der Waals surface area contributed by atoms with Crippen molar-refractivity contribution in [3.05, 3.63) is 48.4 Å². The average molecular weight is 351 g/mol. The third kappa shape index (κ3) is 3.21. The highest BCUT2D eigenvalue weighted by Gasteiger charge is 2.25. The molecule has 0 spiro atoms. The van der Waals surface area contributed by atoms with Crippen molar-refractivity contribution >= 4 is 34.5 Å². The molecule has 0 saturated heterocycles. The van der Waals surface area contributed by atoms with Crippen LogP contribution in [0.3, 0.4) is 0 Å². The number of pyridine rings is 1. The summed E-state index contributed by atoms with van der Waals surface area (Å²) in [7, 11) is 1.29. The molecule has 2 N–H and O–H groups in total. The van der Waals surface area contributed by atoms with Gasteiger partial charge in [0.2, 0.25) is 0 Å². The van der Waals surface area contributed by atoms with Crippen LogP contribution in [0, 0.1) is 0 Å². The summed E-state index contributed by atoms with van der Waals surface area (Å²) in [4.78, 5) is 32.5. The molecule has 0 atom stereocenters. The first-order valence-corrected chi connectivity index (χ1v) is 8.23. The van der Waals surface area contributed by atoms with E-state index in [0.29, 0.717) is 28.5 Å². The topological polar surface area (TPSA) is 98.1 Å². The minimum atomic E-state index is -0.575. The summed E-state index contributed by atoms with van der Waals surface area (Å²) in [5, 5.41) is 5.34. The van der Waals surface area contributed by atoms with Gasteiger partial charge in [-0.3, -0.25) is 10.1 Å². The fourth-order valence-electron chi connectivity index (χ4n) is 2.71. The Bertz CT molecular complexity index is 993. The lowest BCUT2D eigenvalue weighted by Crippen LogP contribution is -2.14. The van der Waals surface area contributed by atoms with E-state index in [1.54, 1.807) is 42.9 Å². The number of carbonyl (C=O) groups excluding carboxylic acids is 2. The monoisotopic (exact) mass is 351 g/mol. The summed E-state index contributed by atoms with van der Waals surface area (Å²) < 4.78 is 6.61. The van der Waals surface area contributed by atoms with E-state index < -0.39 is 6.09 Å². The van der Waals surface area contributed by atoms with Gasteiger partial charge < -0.3 is 14.6 Å². The van der Waals surface area contributed by atoms with Crippen molar-refractivity contribution in [3.63, 3.8) is 0 Å². The van der Waals surface area contributed by atoms with Crippen LogP contribution in [-0.2, 0) is 4.74 Å². The van der Waals surface area contributed by atoms with Crippen LogP contribution < -0.4 is 10.6 Å². The number of amides is 2. The number of benzene rings is 1. The standard InChI is InChI=1S/C18H17N5O3/c1-26-18(25)22-13-4-2-3-12(8-13)21-17(24)11-7-15-16(19-9-11)23(10-20-15)14-5-6-14/h2-4,7-10,14H,5-6H2,1H3,(H,21,24)(H,22,25). The van der Waals surface area contributed by atoms with Crippen molar-refractivity contribution in [2.45, 2.75) is 18.9 Å². The molecule has 1 fully saturated rings. The molecule has 2 aromatic heterocycles. The van der Waals surface area contributed by atoms with Crippen LogP contribution in [-0.4, -0.2) is 33.6 Å². The van der Waals surface area contributed by atoms with Gasteiger partial charge in [-0.05, 0) is 37.1 Å². The van der Waals surface area contributed by atoms with E-state index in [0.717, 1.165) is 18.5 Å². The van der Waals surface area contributed by atoms with Crippen LogP contribution in [0.5, 0.6) is 0 Å². The minimum absolute atomic E-state index is 0.296. The third-order valence-corrected chi connectivity index (χ3v) is 4.17. The van der Waals surface area contributed by atoms with Gasteiger partial charge in [0.1, 0.15) is 5.52 Å². The Balaban J connectivity index is 1.52. The lowest BCUT2D eigenvalue weighted by molar-refractivity contribution is 0.102.